The molecule has 38 heavy (non-hydrogen) atoms. The molecule has 1 fully saturated rings. The molecule has 1 saturated carbocycles. The van der Waals surface area contributed by atoms with E-state index in [9.17, 15) is 18.0 Å². The lowest BCUT2D eigenvalue weighted by Gasteiger charge is -2.31. The summed E-state index contributed by atoms with van der Waals surface area (Å²) >= 11 is 6.38. The minimum atomic E-state index is -3.57. The highest BCUT2D eigenvalue weighted by molar-refractivity contribution is 7.92. The van der Waals surface area contributed by atoms with Gasteiger partial charge < -0.3 is 15.0 Å². The van der Waals surface area contributed by atoms with E-state index in [-0.39, 0.29) is 43.8 Å². The Morgan fingerprint density at radius 1 is 1.08 bits per heavy atom. The monoisotopic (exact) mass is 563 g/mol. The lowest BCUT2D eigenvalue weighted by Crippen LogP contribution is -2.50. The number of nitrogens with zero attached hydrogens (tertiary/aromatic N) is 2. The first-order valence-electron chi connectivity index (χ1n) is 13.0. The second kappa shape index (κ2) is 13.8. The van der Waals surface area contributed by atoms with E-state index in [2.05, 4.69) is 5.32 Å². The molecule has 8 nitrogen and oxygen atoms in total. The highest BCUT2D eigenvalue weighted by atomic mass is 35.5. The van der Waals surface area contributed by atoms with Crippen LogP contribution in [0.1, 0.15) is 57.4 Å². The van der Waals surface area contributed by atoms with Crippen molar-refractivity contribution in [3.8, 4) is 5.75 Å². The molecular formula is C28H38ClN3O5S. The van der Waals surface area contributed by atoms with Crippen LogP contribution in [0.15, 0.2) is 48.5 Å². The van der Waals surface area contributed by atoms with E-state index < -0.39 is 16.1 Å². The number of carbonyl (C=O) groups is 2. The normalized spacial score (nSPS) is 14.9. The van der Waals surface area contributed by atoms with Crippen molar-refractivity contribution >= 4 is 39.1 Å². The second-order valence-electron chi connectivity index (χ2n) is 9.77. The van der Waals surface area contributed by atoms with Crippen molar-refractivity contribution < 1.29 is 22.7 Å². The van der Waals surface area contributed by atoms with Gasteiger partial charge in [0.2, 0.25) is 21.8 Å². The van der Waals surface area contributed by atoms with Crippen LogP contribution < -0.4 is 14.4 Å². The molecular weight excluding hydrogens is 526 g/mol. The van der Waals surface area contributed by atoms with Gasteiger partial charge in [-0.3, -0.25) is 13.9 Å². The van der Waals surface area contributed by atoms with E-state index in [1.54, 1.807) is 44.4 Å². The Balaban J connectivity index is 1.71. The molecule has 2 amide bonds. The summed E-state index contributed by atoms with van der Waals surface area (Å²) in [7, 11) is -2.03. The van der Waals surface area contributed by atoms with E-state index in [4.69, 9.17) is 16.3 Å². The quantitative estimate of drug-likeness (QED) is 0.401. The largest absolute Gasteiger partial charge is 0.497 e. The van der Waals surface area contributed by atoms with E-state index in [0.717, 1.165) is 37.5 Å². The van der Waals surface area contributed by atoms with Crippen LogP contribution in [0.4, 0.5) is 5.69 Å². The summed E-state index contributed by atoms with van der Waals surface area (Å²) in [5.74, 6) is 0.195. The molecule has 2 aromatic carbocycles. The first kappa shape index (κ1) is 29.8. The smallest absolute Gasteiger partial charge is 0.242 e. The molecule has 1 aliphatic carbocycles. The van der Waals surface area contributed by atoms with Crippen LogP contribution in [0.25, 0.3) is 0 Å². The van der Waals surface area contributed by atoms with Crippen molar-refractivity contribution in [2.24, 2.45) is 0 Å². The zero-order valence-corrected chi connectivity index (χ0v) is 23.9. The zero-order chi connectivity index (χ0) is 27.7. The molecule has 1 unspecified atom stereocenters. The van der Waals surface area contributed by atoms with Gasteiger partial charge in [0.15, 0.2) is 0 Å². The van der Waals surface area contributed by atoms with Crippen LogP contribution in [0.2, 0.25) is 5.02 Å². The van der Waals surface area contributed by atoms with Gasteiger partial charge in [0, 0.05) is 30.6 Å². The van der Waals surface area contributed by atoms with Crippen molar-refractivity contribution in [1.29, 1.82) is 0 Å². The van der Waals surface area contributed by atoms with Crippen molar-refractivity contribution in [1.82, 2.24) is 10.2 Å². The molecule has 0 saturated heterocycles. The van der Waals surface area contributed by atoms with Crippen molar-refractivity contribution in [2.45, 2.75) is 70.5 Å². The summed E-state index contributed by atoms with van der Waals surface area (Å²) < 4.78 is 31.4. The molecule has 1 aliphatic rings. The predicted molar refractivity (Wildman–Crippen MR) is 151 cm³/mol. The van der Waals surface area contributed by atoms with Gasteiger partial charge in [-0.15, -0.1) is 0 Å². The highest BCUT2D eigenvalue weighted by Crippen LogP contribution is 2.24. The third kappa shape index (κ3) is 8.36. The molecule has 10 heteroatoms. The molecule has 0 heterocycles. The topological polar surface area (TPSA) is 96.0 Å². The molecule has 0 spiro atoms. The van der Waals surface area contributed by atoms with Crippen LogP contribution >= 0.6 is 11.6 Å². The van der Waals surface area contributed by atoms with Crippen LogP contribution in [-0.4, -0.2) is 57.1 Å². The average Bonchev–Trinajstić information content (AvgIpc) is 2.90. The van der Waals surface area contributed by atoms with Gasteiger partial charge in [0.25, 0.3) is 0 Å². The second-order valence-corrected chi connectivity index (χ2v) is 12.1. The van der Waals surface area contributed by atoms with Crippen LogP contribution in [-0.2, 0) is 26.2 Å². The summed E-state index contributed by atoms with van der Waals surface area (Å²) in [6, 6.07) is 13.4. The number of ether oxygens (including phenoxy) is 1. The molecule has 3 rings (SSSR count). The Kier molecular flexibility index (Phi) is 10.8. The number of nitrogens with one attached hydrogen (secondary N) is 1. The first-order chi connectivity index (χ1) is 18.1. The summed E-state index contributed by atoms with van der Waals surface area (Å²) in [6.07, 6.45) is 6.76. The maximum Gasteiger partial charge on any atom is 0.242 e. The maximum atomic E-state index is 13.5. The number of rotatable bonds is 12. The van der Waals surface area contributed by atoms with Crippen molar-refractivity contribution in [2.75, 3.05) is 24.2 Å². The zero-order valence-electron chi connectivity index (χ0n) is 22.4. The Morgan fingerprint density at radius 2 is 1.74 bits per heavy atom. The molecule has 1 N–H and O–H groups in total. The number of anilines is 1. The number of hydrogen-bond donors (Lipinski definition) is 1. The molecule has 0 aliphatic heterocycles. The van der Waals surface area contributed by atoms with Crippen molar-refractivity contribution in [3.05, 3.63) is 59.1 Å². The molecule has 0 bridgehead atoms. The van der Waals surface area contributed by atoms with E-state index in [0.29, 0.717) is 16.5 Å². The van der Waals surface area contributed by atoms with Crippen LogP contribution in [0.3, 0.4) is 0 Å². The minimum Gasteiger partial charge on any atom is -0.497 e. The Bertz CT molecular complexity index is 1180. The molecule has 1 atom stereocenters. The van der Waals surface area contributed by atoms with Gasteiger partial charge in [0.05, 0.1) is 19.1 Å². The molecule has 0 radical (unpaired) electrons. The van der Waals surface area contributed by atoms with Crippen molar-refractivity contribution in [3.63, 3.8) is 0 Å². The predicted octanol–water partition coefficient (Wildman–Crippen LogP) is 4.76. The van der Waals surface area contributed by atoms with E-state index in [1.165, 1.54) is 15.6 Å². The highest BCUT2D eigenvalue weighted by Gasteiger charge is 2.29. The SMILES string of the molecule is COc1ccc(N(CCCC(=O)N(Cc2ccccc2Cl)C(C)C(=O)NC2CCCCC2)S(C)(=O)=O)cc1. The van der Waals surface area contributed by atoms with Gasteiger partial charge in [-0.2, -0.15) is 0 Å². The van der Waals surface area contributed by atoms with Gasteiger partial charge in [0.1, 0.15) is 11.8 Å². The number of methoxy groups -OCH3 is 1. The number of benzene rings is 2. The van der Waals surface area contributed by atoms with E-state index >= 15 is 0 Å². The van der Waals surface area contributed by atoms with Crippen LogP contribution in [0.5, 0.6) is 5.75 Å². The summed E-state index contributed by atoms with van der Waals surface area (Å²) in [5, 5.41) is 3.64. The van der Waals surface area contributed by atoms with Gasteiger partial charge in [-0.05, 0) is 62.1 Å². The Morgan fingerprint density at radius 3 is 2.34 bits per heavy atom. The third-order valence-electron chi connectivity index (χ3n) is 6.93. The molecule has 0 aromatic heterocycles. The number of amides is 2. The third-order valence-corrected chi connectivity index (χ3v) is 8.49. The fourth-order valence-corrected chi connectivity index (χ4v) is 5.87. The lowest BCUT2D eigenvalue weighted by atomic mass is 9.95. The molecule has 2 aromatic rings. The van der Waals surface area contributed by atoms with Gasteiger partial charge >= 0.3 is 0 Å². The number of halogens is 1. The average molecular weight is 564 g/mol. The maximum absolute atomic E-state index is 13.5. The summed E-state index contributed by atoms with van der Waals surface area (Å²) in [4.78, 5) is 28.2. The first-order valence-corrected chi connectivity index (χ1v) is 15.3. The molecule has 208 valence electrons. The van der Waals surface area contributed by atoms with Gasteiger partial charge in [-0.25, -0.2) is 8.42 Å². The Hall–Kier alpha value is -2.78. The fourth-order valence-electron chi connectivity index (χ4n) is 4.71. The standard InChI is InChI=1S/C28H38ClN3O5S/c1-21(28(34)30-23-11-5-4-6-12-23)31(20-22-10-7-8-13-26(22)29)27(33)14-9-19-32(38(3,35)36)24-15-17-25(37-2)18-16-24/h7-8,10,13,15-18,21,23H,4-6,9,11-12,14,19-20H2,1-3H3,(H,30,34). The summed E-state index contributed by atoms with van der Waals surface area (Å²) in [5.41, 5.74) is 1.24. The lowest BCUT2D eigenvalue weighted by molar-refractivity contribution is -0.141. The number of sulfonamides is 1. The van der Waals surface area contributed by atoms with E-state index in [1.807, 2.05) is 18.2 Å². The minimum absolute atomic E-state index is 0.0771. The van der Waals surface area contributed by atoms with Crippen LogP contribution in [0, 0.1) is 0 Å². The fraction of sp³-hybridized carbons (Fsp3) is 0.500. The Labute approximate surface area is 231 Å². The van der Waals surface area contributed by atoms with Gasteiger partial charge in [-0.1, -0.05) is 49.1 Å². The number of carbonyl (C=O) groups excluding carboxylic acids is 2. The summed E-state index contributed by atoms with van der Waals surface area (Å²) in [6.45, 7) is 2.04. The number of hydrogen-bond acceptors (Lipinski definition) is 5.